The summed E-state index contributed by atoms with van der Waals surface area (Å²) in [6.45, 7) is 4.59. The van der Waals surface area contributed by atoms with Crippen molar-refractivity contribution in [2.75, 3.05) is 5.32 Å². The van der Waals surface area contributed by atoms with E-state index in [0.717, 1.165) is 16.5 Å². The lowest BCUT2D eigenvalue weighted by Crippen LogP contribution is -2.30. The second-order valence-corrected chi connectivity index (χ2v) is 6.59. The van der Waals surface area contributed by atoms with Crippen molar-refractivity contribution in [1.29, 1.82) is 0 Å². The molecular formula is C18H21NO2. The minimum absolute atomic E-state index is 0.284. The fourth-order valence-corrected chi connectivity index (χ4v) is 3.39. The van der Waals surface area contributed by atoms with E-state index in [9.17, 15) is 9.90 Å². The van der Waals surface area contributed by atoms with Gasteiger partial charge >= 0.3 is 5.97 Å². The molecule has 21 heavy (non-hydrogen) atoms. The van der Waals surface area contributed by atoms with Gasteiger partial charge in [-0.1, -0.05) is 44.5 Å². The highest BCUT2D eigenvalue weighted by Crippen LogP contribution is 2.40. The van der Waals surface area contributed by atoms with Gasteiger partial charge in [-0.25, -0.2) is 4.79 Å². The summed E-state index contributed by atoms with van der Waals surface area (Å²) in [6.07, 6.45) is 3.65. The van der Waals surface area contributed by atoms with Gasteiger partial charge < -0.3 is 10.4 Å². The highest BCUT2D eigenvalue weighted by atomic mass is 16.4. The first-order chi connectivity index (χ1) is 9.99. The van der Waals surface area contributed by atoms with Crippen molar-refractivity contribution in [1.82, 2.24) is 0 Å². The van der Waals surface area contributed by atoms with Gasteiger partial charge in [0, 0.05) is 17.1 Å². The van der Waals surface area contributed by atoms with E-state index in [4.69, 9.17) is 0 Å². The van der Waals surface area contributed by atoms with Crippen LogP contribution in [-0.4, -0.2) is 17.1 Å². The average molecular weight is 283 g/mol. The highest BCUT2D eigenvalue weighted by molar-refractivity contribution is 6.07. The van der Waals surface area contributed by atoms with Crippen molar-refractivity contribution in [3.63, 3.8) is 0 Å². The quantitative estimate of drug-likeness (QED) is 0.870. The van der Waals surface area contributed by atoms with Gasteiger partial charge in [0.2, 0.25) is 0 Å². The Morgan fingerprint density at radius 2 is 1.90 bits per heavy atom. The van der Waals surface area contributed by atoms with E-state index in [-0.39, 0.29) is 5.41 Å². The van der Waals surface area contributed by atoms with Crippen molar-refractivity contribution >= 4 is 22.4 Å². The van der Waals surface area contributed by atoms with Gasteiger partial charge in [0.05, 0.1) is 5.56 Å². The van der Waals surface area contributed by atoms with Gasteiger partial charge in [0.1, 0.15) is 0 Å². The van der Waals surface area contributed by atoms with Gasteiger partial charge in [0.15, 0.2) is 0 Å². The number of carboxylic acid groups (broad SMARTS) is 1. The zero-order chi connectivity index (χ0) is 15.0. The van der Waals surface area contributed by atoms with Crippen molar-refractivity contribution in [2.45, 2.75) is 39.2 Å². The Balaban J connectivity index is 2.04. The fourth-order valence-electron chi connectivity index (χ4n) is 3.39. The first-order valence-corrected chi connectivity index (χ1v) is 7.50. The van der Waals surface area contributed by atoms with Crippen molar-refractivity contribution in [3.05, 3.63) is 42.0 Å². The second kappa shape index (κ2) is 5.06. The van der Waals surface area contributed by atoms with Crippen LogP contribution in [0.4, 0.5) is 5.69 Å². The van der Waals surface area contributed by atoms with E-state index in [2.05, 4.69) is 19.2 Å². The van der Waals surface area contributed by atoms with Crippen LogP contribution in [0.15, 0.2) is 36.4 Å². The third kappa shape index (κ3) is 2.48. The van der Waals surface area contributed by atoms with Crippen LogP contribution < -0.4 is 5.32 Å². The molecule has 110 valence electrons. The third-order valence-corrected chi connectivity index (χ3v) is 4.74. The Kier molecular flexibility index (Phi) is 3.36. The number of hydrogen-bond acceptors (Lipinski definition) is 2. The lowest BCUT2D eigenvalue weighted by atomic mass is 9.87. The molecular weight excluding hydrogens is 262 g/mol. The molecule has 2 aromatic rings. The number of rotatable bonds is 3. The van der Waals surface area contributed by atoms with Crippen LogP contribution in [0, 0.1) is 5.41 Å². The van der Waals surface area contributed by atoms with Crippen LogP contribution in [0.25, 0.3) is 10.8 Å². The van der Waals surface area contributed by atoms with Gasteiger partial charge in [0.25, 0.3) is 0 Å². The molecule has 0 saturated heterocycles. The molecule has 0 bridgehead atoms. The number of benzene rings is 2. The summed E-state index contributed by atoms with van der Waals surface area (Å²) >= 11 is 0. The molecule has 0 spiro atoms. The molecule has 0 heterocycles. The third-order valence-electron chi connectivity index (χ3n) is 4.74. The maximum atomic E-state index is 11.4. The molecule has 1 aliphatic rings. The molecule has 3 nitrogen and oxygen atoms in total. The summed E-state index contributed by atoms with van der Waals surface area (Å²) in [5.41, 5.74) is 1.68. The first kappa shape index (κ1) is 13.9. The smallest absolute Gasteiger partial charge is 0.336 e. The predicted octanol–water partition coefficient (Wildman–Crippen LogP) is 4.53. The van der Waals surface area contributed by atoms with Crippen molar-refractivity contribution < 1.29 is 9.90 Å². The van der Waals surface area contributed by atoms with Gasteiger partial charge in [-0.05, 0) is 35.8 Å². The summed E-state index contributed by atoms with van der Waals surface area (Å²) < 4.78 is 0. The summed E-state index contributed by atoms with van der Waals surface area (Å²) in [7, 11) is 0. The van der Waals surface area contributed by atoms with E-state index in [0.29, 0.717) is 11.6 Å². The molecule has 0 aromatic heterocycles. The van der Waals surface area contributed by atoms with E-state index < -0.39 is 5.97 Å². The van der Waals surface area contributed by atoms with Crippen LogP contribution >= 0.6 is 0 Å². The molecule has 1 saturated carbocycles. The summed E-state index contributed by atoms with van der Waals surface area (Å²) in [6, 6.07) is 11.8. The van der Waals surface area contributed by atoms with Crippen molar-refractivity contribution in [2.24, 2.45) is 5.41 Å². The Bertz CT molecular complexity index is 691. The monoisotopic (exact) mass is 283 g/mol. The van der Waals surface area contributed by atoms with Crippen molar-refractivity contribution in [3.8, 4) is 0 Å². The van der Waals surface area contributed by atoms with E-state index >= 15 is 0 Å². The average Bonchev–Trinajstić information content (AvgIpc) is 2.78. The summed E-state index contributed by atoms with van der Waals surface area (Å²) in [5.74, 6) is -0.876. The predicted molar refractivity (Wildman–Crippen MR) is 86.0 cm³/mol. The standard InChI is InChI=1S/C18H21NO2/c1-18(2)11-5-8-16(18)19-15-10-9-14(17(20)21)12-6-3-4-7-13(12)15/h3-4,6-7,9-10,16,19H,5,8,11H2,1-2H3,(H,20,21). The van der Waals surface area contributed by atoms with Crippen LogP contribution in [0.1, 0.15) is 43.5 Å². The molecule has 3 heteroatoms. The number of carbonyl (C=O) groups is 1. The molecule has 1 unspecified atom stereocenters. The molecule has 1 aliphatic carbocycles. The van der Waals surface area contributed by atoms with E-state index in [1.54, 1.807) is 6.07 Å². The Hall–Kier alpha value is -2.03. The number of aromatic carboxylic acids is 1. The Morgan fingerprint density at radius 3 is 2.52 bits per heavy atom. The molecule has 0 amide bonds. The van der Waals surface area contributed by atoms with Crippen LogP contribution in [0.3, 0.4) is 0 Å². The largest absolute Gasteiger partial charge is 0.478 e. The molecule has 1 fully saturated rings. The Labute approximate surface area is 125 Å². The number of carboxylic acids is 1. The SMILES string of the molecule is CC1(C)CCCC1Nc1ccc(C(=O)O)c2ccccc12. The minimum Gasteiger partial charge on any atom is -0.478 e. The lowest BCUT2D eigenvalue weighted by molar-refractivity contribution is 0.0699. The fraction of sp³-hybridized carbons (Fsp3) is 0.389. The number of nitrogens with one attached hydrogen (secondary N) is 1. The number of hydrogen-bond donors (Lipinski definition) is 2. The zero-order valence-corrected chi connectivity index (χ0v) is 12.5. The van der Waals surface area contributed by atoms with E-state index in [1.807, 2.05) is 30.3 Å². The van der Waals surface area contributed by atoms with Crippen LogP contribution in [0.2, 0.25) is 0 Å². The van der Waals surface area contributed by atoms with Gasteiger partial charge in [-0.15, -0.1) is 0 Å². The molecule has 1 atom stereocenters. The molecule has 0 radical (unpaired) electrons. The highest BCUT2D eigenvalue weighted by Gasteiger charge is 2.34. The summed E-state index contributed by atoms with van der Waals surface area (Å²) in [4.78, 5) is 11.4. The summed E-state index contributed by atoms with van der Waals surface area (Å²) in [5, 5.41) is 14.8. The molecule has 2 N–H and O–H groups in total. The van der Waals surface area contributed by atoms with Crippen LogP contribution in [-0.2, 0) is 0 Å². The number of anilines is 1. The minimum atomic E-state index is -0.876. The normalized spacial score (nSPS) is 20.6. The number of fused-ring (bicyclic) bond motifs is 1. The molecule has 0 aliphatic heterocycles. The Morgan fingerprint density at radius 1 is 1.19 bits per heavy atom. The maximum absolute atomic E-state index is 11.4. The van der Waals surface area contributed by atoms with Gasteiger partial charge in [-0.2, -0.15) is 0 Å². The molecule has 2 aromatic carbocycles. The lowest BCUT2D eigenvalue weighted by Gasteiger charge is -2.29. The molecule has 3 rings (SSSR count). The van der Waals surface area contributed by atoms with E-state index in [1.165, 1.54) is 19.3 Å². The van der Waals surface area contributed by atoms with Crippen LogP contribution in [0.5, 0.6) is 0 Å². The first-order valence-electron chi connectivity index (χ1n) is 7.50. The topological polar surface area (TPSA) is 49.3 Å². The second-order valence-electron chi connectivity index (χ2n) is 6.59. The van der Waals surface area contributed by atoms with Gasteiger partial charge in [-0.3, -0.25) is 0 Å². The maximum Gasteiger partial charge on any atom is 0.336 e. The zero-order valence-electron chi connectivity index (χ0n) is 12.5.